The van der Waals surface area contributed by atoms with Crippen LogP contribution in [-0.4, -0.2) is 5.78 Å². The molecule has 0 atom stereocenters. The molecule has 2 heteroatoms. The van der Waals surface area contributed by atoms with E-state index in [0.717, 1.165) is 33.5 Å². The lowest BCUT2D eigenvalue weighted by Gasteiger charge is -2.08. The highest BCUT2D eigenvalue weighted by Gasteiger charge is 2.26. The van der Waals surface area contributed by atoms with Gasteiger partial charge in [-0.1, -0.05) is 48.6 Å². The van der Waals surface area contributed by atoms with Crippen LogP contribution in [0.3, 0.4) is 0 Å². The van der Waals surface area contributed by atoms with E-state index in [9.17, 15) is 4.79 Å². The molecule has 1 N–H and O–H groups in total. The summed E-state index contributed by atoms with van der Waals surface area (Å²) in [5.41, 5.74) is 5.66. The minimum Gasteiger partial charge on any atom is -0.361 e. The number of carbonyl (C=O) groups excluding carboxylic acids is 1. The predicted octanol–water partition coefficient (Wildman–Crippen LogP) is 3.91. The smallest absolute Gasteiger partial charge is 0.194 e. The van der Waals surface area contributed by atoms with Gasteiger partial charge >= 0.3 is 0 Å². The molecule has 0 saturated heterocycles. The van der Waals surface area contributed by atoms with Crippen LogP contribution in [-0.2, 0) is 0 Å². The van der Waals surface area contributed by atoms with Crippen molar-refractivity contribution in [1.82, 2.24) is 5.32 Å². The SMILES string of the molecule is O=C1c2ccccc2-c2ccc(C3=CC=CC=CN3)cc21. The predicted molar refractivity (Wildman–Crippen MR) is 84.7 cm³/mol. The van der Waals surface area contributed by atoms with Crippen LogP contribution in [0.5, 0.6) is 0 Å². The number of hydrogen-bond acceptors (Lipinski definition) is 2. The number of allylic oxidation sites excluding steroid dienone is 4. The number of nitrogens with one attached hydrogen (secondary N) is 1. The summed E-state index contributed by atoms with van der Waals surface area (Å²) in [6.07, 6.45) is 9.79. The molecule has 0 amide bonds. The van der Waals surface area contributed by atoms with Crippen LogP contribution < -0.4 is 5.32 Å². The summed E-state index contributed by atoms with van der Waals surface area (Å²) in [5, 5.41) is 3.23. The number of rotatable bonds is 1. The zero-order valence-corrected chi connectivity index (χ0v) is 11.3. The number of ketones is 1. The van der Waals surface area contributed by atoms with E-state index in [0.29, 0.717) is 0 Å². The van der Waals surface area contributed by atoms with Gasteiger partial charge in [0, 0.05) is 23.0 Å². The molecule has 0 radical (unpaired) electrons. The Kier molecular flexibility index (Phi) is 2.61. The van der Waals surface area contributed by atoms with Crippen LogP contribution in [0.4, 0.5) is 0 Å². The summed E-state index contributed by atoms with van der Waals surface area (Å²) >= 11 is 0. The normalized spacial score (nSPS) is 15.0. The van der Waals surface area contributed by atoms with Crippen molar-refractivity contribution in [3.63, 3.8) is 0 Å². The second-order valence-corrected chi connectivity index (χ2v) is 5.10. The van der Waals surface area contributed by atoms with Gasteiger partial charge < -0.3 is 5.32 Å². The zero-order chi connectivity index (χ0) is 14.2. The van der Waals surface area contributed by atoms with Crippen molar-refractivity contribution in [3.05, 3.63) is 89.7 Å². The topological polar surface area (TPSA) is 29.1 Å². The lowest BCUT2D eigenvalue weighted by Crippen LogP contribution is -2.04. The van der Waals surface area contributed by atoms with Gasteiger partial charge in [0.15, 0.2) is 5.78 Å². The number of hydrogen-bond donors (Lipinski definition) is 1. The van der Waals surface area contributed by atoms with Gasteiger partial charge in [-0.15, -0.1) is 0 Å². The summed E-state index contributed by atoms with van der Waals surface area (Å²) < 4.78 is 0. The van der Waals surface area contributed by atoms with Crippen molar-refractivity contribution >= 4 is 11.5 Å². The summed E-state index contributed by atoms with van der Waals surface area (Å²) in [6, 6.07) is 13.9. The summed E-state index contributed by atoms with van der Waals surface area (Å²) in [5.74, 6) is 0.114. The van der Waals surface area contributed by atoms with Gasteiger partial charge in [-0.25, -0.2) is 0 Å². The van der Waals surface area contributed by atoms with Crippen LogP contribution in [0.1, 0.15) is 21.5 Å². The minimum atomic E-state index is 0.114. The molecule has 1 aliphatic carbocycles. The lowest BCUT2D eigenvalue weighted by atomic mass is 10.0. The second-order valence-electron chi connectivity index (χ2n) is 5.10. The van der Waals surface area contributed by atoms with Gasteiger partial charge in [-0.3, -0.25) is 4.79 Å². The highest BCUT2D eigenvalue weighted by atomic mass is 16.1. The molecule has 1 aliphatic heterocycles. The third-order valence-corrected chi connectivity index (χ3v) is 3.86. The van der Waals surface area contributed by atoms with Crippen molar-refractivity contribution in [3.8, 4) is 11.1 Å². The first-order valence-corrected chi connectivity index (χ1v) is 6.93. The average Bonchev–Trinajstić information content (AvgIpc) is 2.73. The van der Waals surface area contributed by atoms with Crippen molar-refractivity contribution in [1.29, 1.82) is 0 Å². The Labute approximate surface area is 123 Å². The molecule has 0 unspecified atom stereocenters. The van der Waals surface area contributed by atoms with Gasteiger partial charge in [0.1, 0.15) is 0 Å². The van der Waals surface area contributed by atoms with Crippen LogP contribution in [0.15, 0.2) is 73.0 Å². The molecular weight excluding hydrogens is 258 g/mol. The Morgan fingerprint density at radius 1 is 0.762 bits per heavy atom. The molecule has 100 valence electrons. The monoisotopic (exact) mass is 271 g/mol. The molecule has 2 aromatic carbocycles. The lowest BCUT2D eigenvalue weighted by molar-refractivity contribution is 0.104. The number of fused-ring (bicyclic) bond motifs is 3. The van der Waals surface area contributed by atoms with Crippen LogP contribution in [0.25, 0.3) is 16.8 Å². The fraction of sp³-hybridized carbons (Fsp3) is 0. The van der Waals surface area contributed by atoms with Crippen LogP contribution >= 0.6 is 0 Å². The van der Waals surface area contributed by atoms with Crippen molar-refractivity contribution in [2.24, 2.45) is 0 Å². The van der Waals surface area contributed by atoms with Crippen molar-refractivity contribution < 1.29 is 4.79 Å². The molecule has 2 aliphatic rings. The summed E-state index contributed by atoms with van der Waals surface area (Å²) in [7, 11) is 0. The quantitative estimate of drug-likeness (QED) is 0.727. The molecule has 0 spiro atoms. The molecule has 1 heterocycles. The second kappa shape index (κ2) is 4.60. The Morgan fingerprint density at radius 3 is 2.48 bits per heavy atom. The average molecular weight is 271 g/mol. The van der Waals surface area contributed by atoms with Crippen LogP contribution in [0, 0.1) is 0 Å². The molecular formula is C19H13NO. The highest BCUT2D eigenvalue weighted by Crippen LogP contribution is 2.37. The van der Waals surface area contributed by atoms with E-state index in [1.54, 1.807) is 0 Å². The van der Waals surface area contributed by atoms with E-state index in [2.05, 4.69) is 11.4 Å². The number of carbonyl (C=O) groups is 1. The molecule has 0 saturated carbocycles. The molecule has 0 bridgehead atoms. The highest BCUT2D eigenvalue weighted by molar-refractivity contribution is 6.21. The molecule has 0 fully saturated rings. The summed E-state index contributed by atoms with van der Waals surface area (Å²) in [4.78, 5) is 12.5. The third kappa shape index (κ3) is 1.84. The Morgan fingerprint density at radius 2 is 1.57 bits per heavy atom. The number of benzene rings is 2. The standard InChI is InChI=1S/C19H13NO/c21-19-16-7-4-3-6-14(16)15-10-9-13(12-17(15)19)18-8-2-1-5-11-20-18/h1-12,20H. The maximum Gasteiger partial charge on any atom is 0.194 e. The first-order chi connectivity index (χ1) is 10.3. The van der Waals surface area contributed by atoms with Crippen molar-refractivity contribution in [2.45, 2.75) is 0 Å². The maximum absolute atomic E-state index is 12.5. The van der Waals surface area contributed by atoms with Gasteiger partial charge in [0.25, 0.3) is 0 Å². The van der Waals surface area contributed by atoms with Gasteiger partial charge in [0.05, 0.1) is 0 Å². The molecule has 21 heavy (non-hydrogen) atoms. The van der Waals surface area contributed by atoms with Gasteiger partial charge in [-0.05, 0) is 34.9 Å². The van der Waals surface area contributed by atoms with E-state index < -0.39 is 0 Å². The third-order valence-electron chi connectivity index (χ3n) is 3.86. The zero-order valence-electron chi connectivity index (χ0n) is 11.3. The van der Waals surface area contributed by atoms with Crippen molar-refractivity contribution in [2.75, 3.05) is 0 Å². The maximum atomic E-state index is 12.5. The van der Waals surface area contributed by atoms with E-state index in [-0.39, 0.29) is 5.78 Å². The van der Waals surface area contributed by atoms with Gasteiger partial charge in [-0.2, -0.15) is 0 Å². The first kappa shape index (κ1) is 11.9. The molecule has 2 aromatic rings. The van der Waals surface area contributed by atoms with E-state index in [1.165, 1.54) is 0 Å². The fourth-order valence-electron chi connectivity index (χ4n) is 2.83. The molecule has 0 aromatic heterocycles. The van der Waals surface area contributed by atoms with Crippen LogP contribution in [0.2, 0.25) is 0 Å². The molecule has 4 rings (SSSR count). The Hall–Kier alpha value is -2.87. The van der Waals surface area contributed by atoms with E-state index in [4.69, 9.17) is 0 Å². The summed E-state index contributed by atoms with van der Waals surface area (Å²) in [6.45, 7) is 0. The first-order valence-electron chi connectivity index (χ1n) is 6.93. The Bertz CT molecular complexity index is 840. The Balaban J connectivity index is 1.84. The van der Waals surface area contributed by atoms with E-state index in [1.807, 2.05) is 66.9 Å². The van der Waals surface area contributed by atoms with Gasteiger partial charge in [0.2, 0.25) is 0 Å². The molecule has 2 nitrogen and oxygen atoms in total. The largest absolute Gasteiger partial charge is 0.361 e. The van der Waals surface area contributed by atoms with E-state index >= 15 is 0 Å². The minimum absolute atomic E-state index is 0.114. The fourth-order valence-corrected chi connectivity index (χ4v) is 2.83.